The molecule has 1 aromatic rings. The number of rotatable bonds is 2. The Balaban J connectivity index is 2.97. The number of halogens is 2. The number of hydrogen-bond donors (Lipinski definition) is 3. The van der Waals surface area contributed by atoms with E-state index in [9.17, 15) is 8.78 Å². The zero-order valence-electron chi connectivity index (χ0n) is 6.48. The second-order valence-electron chi connectivity index (χ2n) is 2.53. The van der Waals surface area contributed by atoms with Crippen LogP contribution in [0.2, 0.25) is 0 Å². The maximum Gasteiger partial charge on any atom is 0.268 e. The lowest BCUT2D eigenvalue weighted by Crippen LogP contribution is -2.07. The van der Waals surface area contributed by atoms with Gasteiger partial charge in [-0.15, -0.1) is 0 Å². The molecule has 0 saturated carbocycles. The predicted molar refractivity (Wildman–Crippen MR) is 40.7 cm³/mol. The van der Waals surface area contributed by atoms with Crippen LogP contribution in [0.15, 0.2) is 18.2 Å². The molecular weight excluding hydrogens is 182 g/mol. The van der Waals surface area contributed by atoms with Crippen molar-refractivity contribution in [1.82, 2.24) is 0 Å². The minimum atomic E-state index is -2.91. The maximum absolute atomic E-state index is 12.0. The summed E-state index contributed by atoms with van der Waals surface area (Å²) < 4.78 is 23.9. The zero-order valence-corrected chi connectivity index (χ0v) is 6.48. The summed E-state index contributed by atoms with van der Waals surface area (Å²) in [6, 6.07) is 3.05. The number of hydrogen-bond acceptors (Lipinski definition) is 3. The van der Waals surface area contributed by atoms with Crippen LogP contribution in [0.3, 0.4) is 0 Å². The molecule has 0 amide bonds. The topological polar surface area (TPSA) is 60.7 Å². The van der Waals surface area contributed by atoms with E-state index in [1.165, 1.54) is 0 Å². The molecule has 72 valence electrons. The molecule has 0 aliphatic rings. The van der Waals surface area contributed by atoms with Gasteiger partial charge in [-0.25, -0.2) is 8.78 Å². The van der Waals surface area contributed by atoms with Gasteiger partial charge >= 0.3 is 0 Å². The van der Waals surface area contributed by atoms with E-state index < -0.39 is 24.0 Å². The molecule has 3 N–H and O–H groups in total. The molecule has 0 aliphatic heterocycles. The van der Waals surface area contributed by atoms with E-state index in [1.54, 1.807) is 0 Å². The SMILES string of the molecule is Oc1ccc(C(O)C(F)F)cc1O. The van der Waals surface area contributed by atoms with Crippen molar-refractivity contribution in [1.29, 1.82) is 0 Å². The first kappa shape index (κ1) is 9.73. The average Bonchev–Trinajstić information content (AvgIpc) is 2.08. The molecule has 0 aliphatic carbocycles. The number of phenolic OH excluding ortho intramolecular Hbond substituents is 2. The second-order valence-corrected chi connectivity index (χ2v) is 2.53. The summed E-state index contributed by atoms with van der Waals surface area (Å²) >= 11 is 0. The van der Waals surface area contributed by atoms with Crippen LogP contribution < -0.4 is 0 Å². The van der Waals surface area contributed by atoms with E-state index in [4.69, 9.17) is 15.3 Å². The number of phenols is 2. The van der Waals surface area contributed by atoms with Crippen LogP contribution in [-0.4, -0.2) is 21.7 Å². The lowest BCUT2D eigenvalue weighted by atomic mass is 10.1. The monoisotopic (exact) mass is 190 g/mol. The highest BCUT2D eigenvalue weighted by Gasteiger charge is 2.19. The molecule has 1 rings (SSSR count). The molecule has 0 aromatic heterocycles. The highest BCUT2D eigenvalue weighted by molar-refractivity contribution is 5.41. The summed E-state index contributed by atoms with van der Waals surface area (Å²) in [4.78, 5) is 0. The van der Waals surface area contributed by atoms with Gasteiger partial charge in [0, 0.05) is 0 Å². The largest absolute Gasteiger partial charge is 0.504 e. The Kier molecular flexibility index (Phi) is 2.67. The van der Waals surface area contributed by atoms with Crippen molar-refractivity contribution in [2.75, 3.05) is 0 Å². The summed E-state index contributed by atoms with van der Waals surface area (Å²) in [7, 11) is 0. The van der Waals surface area contributed by atoms with E-state index in [2.05, 4.69) is 0 Å². The Morgan fingerprint density at radius 2 is 1.69 bits per heavy atom. The summed E-state index contributed by atoms with van der Waals surface area (Å²) in [6.45, 7) is 0. The third-order valence-electron chi connectivity index (χ3n) is 1.58. The quantitative estimate of drug-likeness (QED) is 0.617. The first-order valence-electron chi connectivity index (χ1n) is 3.50. The van der Waals surface area contributed by atoms with Crippen molar-refractivity contribution in [2.45, 2.75) is 12.5 Å². The van der Waals surface area contributed by atoms with Crippen molar-refractivity contribution in [2.24, 2.45) is 0 Å². The lowest BCUT2D eigenvalue weighted by Gasteiger charge is -2.09. The van der Waals surface area contributed by atoms with Crippen LogP contribution in [0.5, 0.6) is 11.5 Å². The molecule has 1 unspecified atom stereocenters. The third kappa shape index (κ3) is 2.06. The molecule has 13 heavy (non-hydrogen) atoms. The van der Waals surface area contributed by atoms with Crippen LogP contribution in [0, 0.1) is 0 Å². The minimum absolute atomic E-state index is 0.134. The van der Waals surface area contributed by atoms with Crippen molar-refractivity contribution >= 4 is 0 Å². The Morgan fingerprint density at radius 1 is 1.08 bits per heavy atom. The van der Waals surface area contributed by atoms with E-state index in [0.29, 0.717) is 0 Å². The fourth-order valence-electron chi connectivity index (χ4n) is 0.870. The third-order valence-corrected chi connectivity index (χ3v) is 1.58. The van der Waals surface area contributed by atoms with Gasteiger partial charge in [0.1, 0.15) is 6.10 Å². The van der Waals surface area contributed by atoms with Gasteiger partial charge in [0.05, 0.1) is 0 Å². The molecule has 0 heterocycles. The second kappa shape index (κ2) is 3.57. The van der Waals surface area contributed by atoms with Gasteiger partial charge in [0.2, 0.25) is 0 Å². The lowest BCUT2D eigenvalue weighted by molar-refractivity contribution is -0.00589. The first-order valence-corrected chi connectivity index (χ1v) is 3.50. The van der Waals surface area contributed by atoms with Gasteiger partial charge in [-0.05, 0) is 17.7 Å². The molecule has 0 spiro atoms. The highest BCUT2D eigenvalue weighted by Crippen LogP contribution is 2.29. The van der Waals surface area contributed by atoms with Crippen molar-refractivity contribution in [3.05, 3.63) is 23.8 Å². The molecule has 0 radical (unpaired) electrons. The molecule has 0 saturated heterocycles. The minimum Gasteiger partial charge on any atom is -0.504 e. The summed E-state index contributed by atoms with van der Waals surface area (Å²) in [6.07, 6.45) is -4.85. The summed E-state index contributed by atoms with van der Waals surface area (Å²) in [5, 5.41) is 26.6. The zero-order chi connectivity index (χ0) is 10.0. The van der Waals surface area contributed by atoms with Crippen LogP contribution in [0.1, 0.15) is 11.7 Å². The number of alkyl halides is 2. The summed E-state index contributed by atoms with van der Waals surface area (Å²) in [5.74, 6) is -0.942. The van der Waals surface area contributed by atoms with E-state index in [0.717, 1.165) is 18.2 Å². The first-order chi connectivity index (χ1) is 6.02. The fourth-order valence-corrected chi connectivity index (χ4v) is 0.870. The van der Waals surface area contributed by atoms with Gasteiger partial charge in [0.25, 0.3) is 6.43 Å². The van der Waals surface area contributed by atoms with Crippen molar-refractivity contribution in [3.8, 4) is 11.5 Å². The fraction of sp³-hybridized carbons (Fsp3) is 0.250. The number of aliphatic hydroxyl groups excluding tert-OH is 1. The van der Waals surface area contributed by atoms with Crippen LogP contribution >= 0.6 is 0 Å². The van der Waals surface area contributed by atoms with E-state index in [-0.39, 0.29) is 5.56 Å². The Bertz CT molecular complexity index is 301. The average molecular weight is 190 g/mol. The number of aromatic hydroxyl groups is 2. The molecule has 0 fully saturated rings. The van der Waals surface area contributed by atoms with E-state index in [1.807, 2.05) is 0 Å². The van der Waals surface area contributed by atoms with Gasteiger partial charge in [0.15, 0.2) is 11.5 Å². The Morgan fingerprint density at radius 3 is 2.15 bits per heavy atom. The molecule has 3 nitrogen and oxygen atoms in total. The number of aliphatic hydroxyl groups is 1. The normalized spacial score (nSPS) is 13.2. The molecule has 1 atom stereocenters. The van der Waals surface area contributed by atoms with Gasteiger partial charge < -0.3 is 15.3 Å². The maximum atomic E-state index is 12.0. The van der Waals surface area contributed by atoms with E-state index >= 15 is 0 Å². The Labute approximate surface area is 72.9 Å². The summed E-state index contributed by atoms with van der Waals surface area (Å²) in [5.41, 5.74) is -0.134. The van der Waals surface area contributed by atoms with Gasteiger partial charge in [-0.3, -0.25) is 0 Å². The smallest absolute Gasteiger partial charge is 0.268 e. The molecule has 1 aromatic carbocycles. The van der Waals surface area contributed by atoms with Crippen LogP contribution in [0.4, 0.5) is 8.78 Å². The van der Waals surface area contributed by atoms with Crippen LogP contribution in [0.25, 0.3) is 0 Å². The van der Waals surface area contributed by atoms with Crippen molar-refractivity contribution in [3.63, 3.8) is 0 Å². The molecular formula is C8H8F2O3. The molecule has 5 heteroatoms. The van der Waals surface area contributed by atoms with Gasteiger partial charge in [-0.2, -0.15) is 0 Å². The number of benzene rings is 1. The predicted octanol–water partition coefficient (Wildman–Crippen LogP) is 1.40. The van der Waals surface area contributed by atoms with Crippen LogP contribution in [-0.2, 0) is 0 Å². The Hall–Kier alpha value is -1.36. The van der Waals surface area contributed by atoms with Gasteiger partial charge in [-0.1, -0.05) is 6.07 Å². The highest BCUT2D eigenvalue weighted by atomic mass is 19.3. The molecule has 0 bridgehead atoms. The van der Waals surface area contributed by atoms with Crippen molar-refractivity contribution < 1.29 is 24.1 Å². The standard InChI is InChI=1S/C8H8F2O3/c9-8(10)7(13)4-1-2-5(11)6(12)3-4/h1-3,7-8,11-13H.